The summed E-state index contributed by atoms with van der Waals surface area (Å²) in [5, 5.41) is 12.0. The highest BCUT2D eigenvalue weighted by Crippen LogP contribution is 2.36. The summed E-state index contributed by atoms with van der Waals surface area (Å²) in [6, 6.07) is 15.2. The number of nitrogens with one attached hydrogen (secondary N) is 1. The van der Waals surface area contributed by atoms with E-state index in [4.69, 9.17) is 16.3 Å². The Balaban J connectivity index is 1.65. The summed E-state index contributed by atoms with van der Waals surface area (Å²) in [5.74, 6) is 0.266. The molecule has 0 spiro atoms. The van der Waals surface area contributed by atoms with E-state index in [1.54, 1.807) is 37.3 Å². The van der Waals surface area contributed by atoms with Gasteiger partial charge in [-0.05, 0) is 79.1 Å². The number of amides is 1. The van der Waals surface area contributed by atoms with E-state index in [9.17, 15) is 22.7 Å². The number of carbonyl (C=O) groups is 1. The van der Waals surface area contributed by atoms with Crippen LogP contribution in [-0.2, 0) is 16.4 Å². The van der Waals surface area contributed by atoms with Gasteiger partial charge in [-0.2, -0.15) is 4.31 Å². The molecular formula is C23H20ClFN2O5S. The van der Waals surface area contributed by atoms with Gasteiger partial charge in [-0.25, -0.2) is 17.6 Å². The minimum Gasteiger partial charge on any atom is -0.465 e. The van der Waals surface area contributed by atoms with Crippen LogP contribution < -0.4 is 10.1 Å². The number of halogens is 2. The summed E-state index contributed by atoms with van der Waals surface area (Å²) in [6.07, 6.45) is -2.59. The molecule has 0 fully saturated rings. The van der Waals surface area contributed by atoms with Crippen LogP contribution in [0.3, 0.4) is 0 Å². The van der Waals surface area contributed by atoms with E-state index < -0.39 is 28.1 Å². The van der Waals surface area contributed by atoms with Crippen LogP contribution in [0.2, 0.25) is 5.02 Å². The SMILES string of the molecule is Cc1ccc(F)c2c1CCN(S(=O)(=O)c1ccc(Oc3ccc(Cl)cc3)cc1)C2NC(=O)O. The van der Waals surface area contributed by atoms with Gasteiger partial charge >= 0.3 is 6.09 Å². The summed E-state index contributed by atoms with van der Waals surface area (Å²) in [7, 11) is -4.16. The molecular weight excluding hydrogens is 471 g/mol. The fourth-order valence-corrected chi connectivity index (χ4v) is 5.49. The van der Waals surface area contributed by atoms with Gasteiger partial charge in [-0.3, -0.25) is 0 Å². The van der Waals surface area contributed by atoms with Crippen LogP contribution >= 0.6 is 11.6 Å². The first-order valence-corrected chi connectivity index (χ1v) is 11.8. The van der Waals surface area contributed by atoms with Crippen molar-refractivity contribution < 1.29 is 27.4 Å². The molecule has 10 heteroatoms. The smallest absolute Gasteiger partial charge is 0.406 e. The Labute approximate surface area is 195 Å². The van der Waals surface area contributed by atoms with Crippen molar-refractivity contribution in [3.05, 3.63) is 88.2 Å². The molecule has 0 saturated carbocycles. The molecule has 0 bridgehead atoms. The topological polar surface area (TPSA) is 95.9 Å². The number of aryl methyl sites for hydroxylation is 1. The summed E-state index contributed by atoms with van der Waals surface area (Å²) < 4.78 is 48.2. The third-order valence-electron chi connectivity index (χ3n) is 5.42. The number of nitrogens with zero attached hydrogens (tertiary/aromatic N) is 1. The van der Waals surface area contributed by atoms with E-state index in [1.165, 1.54) is 30.3 Å². The summed E-state index contributed by atoms with van der Waals surface area (Å²) >= 11 is 5.86. The highest BCUT2D eigenvalue weighted by molar-refractivity contribution is 7.89. The van der Waals surface area contributed by atoms with Crippen molar-refractivity contribution in [2.45, 2.75) is 24.4 Å². The summed E-state index contributed by atoms with van der Waals surface area (Å²) in [6.45, 7) is 1.77. The highest BCUT2D eigenvalue weighted by atomic mass is 35.5. The van der Waals surface area contributed by atoms with Gasteiger partial charge in [0, 0.05) is 17.1 Å². The monoisotopic (exact) mass is 490 g/mol. The quantitative estimate of drug-likeness (QED) is 0.519. The van der Waals surface area contributed by atoms with Gasteiger partial charge in [0.05, 0.1) is 4.90 Å². The van der Waals surface area contributed by atoms with Gasteiger partial charge in [0.15, 0.2) is 0 Å². The minimum atomic E-state index is -4.16. The molecule has 1 heterocycles. The number of benzene rings is 3. The first-order valence-electron chi connectivity index (χ1n) is 9.99. The highest BCUT2D eigenvalue weighted by Gasteiger charge is 2.39. The first-order chi connectivity index (χ1) is 15.7. The van der Waals surface area contributed by atoms with Gasteiger partial charge < -0.3 is 15.2 Å². The van der Waals surface area contributed by atoms with Crippen molar-refractivity contribution in [3.63, 3.8) is 0 Å². The van der Waals surface area contributed by atoms with Gasteiger partial charge in [0.2, 0.25) is 10.0 Å². The summed E-state index contributed by atoms with van der Waals surface area (Å²) in [5.41, 5.74) is 1.39. The number of hydrogen-bond donors (Lipinski definition) is 2. The van der Waals surface area contributed by atoms with E-state index in [-0.39, 0.29) is 23.4 Å². The molecule has 172 valence electrons. The predicted octanol–water partition coefficient (Wildman–Crippen LogP) is 5.09. The van der Waals surface area contributed by atoms with E-state index in [1.807, 2.05) is 0 Å². The van der Waals surface area contributed by atoms with Crippen LogP contribution in [0, 0.1) is 12.7 Å². The van der Waals surface area contributed by atoms with Crippen LogP contribution in [-0.4, -0.2) is 30.5 Å². The number of fused-ring (bicyclic) bond motifs is 1. The second kappa shape index (κ2) is 9.01. The van der Waals surface area contributed by atoms with Crippen LogP contribution in [0.5, 0.6) is 11.5 Å². The van der Waals surface area contributed by atoms with Gasteiger partial charge in [-0.1, -0.05) is 17.7 Å². The lowest BCUT2D eigenvalue weighted by atomic mass is 9.93. The average molecular weight is 491 g/mol. The lowest BCUT2D eigenvalue weighted by molar-refractivity contribution is 0.172. The third kappa shape index (κ3) is 4.66. The molecule has 3 aromatic rings. The van der Waals surface area contributed by atoms with E-state index in [0.29, 0.717) is 22.1 Å². The normalized spacial score (nSPS) is 16.2. The maximum Gasteiger partial charge on any atom is 0.406 e. The molecule has 0 aromatic heterocycles. The zero-order chi connectivity index (χ0) is 23.8. The van der Waals surface area contributed by atoms with Crippen LogP contribution in [0.1, 0.15) is 22.9 Å². The van der Waals surface area contributed by atoms with Gasteiger partial charge in [-0.15, -0.1) is 0 Å². The second-order valence-electron chi connectivity index (χ2n) is 7.50. The number of hydrogen-bond acceptors (Lipinski definition) is 4. The number of sulfonamides is 1. The van der Waals surface area contributed by atoms with E-state index in [2.05, 4.69) is 5.32 Å². The van der Waals surface area contributed by atoms with Crippen LogP contribution in [0.15, 0.2) is 65.6 Å². The second-order valence-corrected chi connectivity index (χ2v) is 9.83. The molecule has 1 atom stereocenters. The fraction of sp³-hybridized carbons (Fsp3) is 0.174. The number of rotatable bonds is 5. The van der Waals surface area contributed by atoms with Crippen molar-refractivity contribution in [1.82, 2.24) is 9.62 Å². The molecule has 1 aliphatic rings. The Kier molecular flexibility index (Phi) is 6.29. The minimum absolute atomic E-state index is 0.00635. The predicted molar refractivity (Wildman–Crippen MR) is 121 cm³/mol. The Morgan fingerprint density at radius 1 is 1.09 bits per heavy atom. The van der Waals surface area contributed by atoms with Crippen molar-refractivity contribution in [1.29, 1.82) is 0 Å². The Bertz CT molecular complexity index is 1300. The van der Waals surface area contributed by atoms with Gasteiger partial charge in [0.25, 0.3) is 0 Å². The number of ether oxygens (including phenoxy) is 1. The molecule has 7 nitrogen and oxygen atoms in total. The molecule has 0 radical (unpaired) electrons. The Hall–Kier alpha value is -3.14. The zero-order valence-corrected chi connectivity index (χ0v) is 19.0. The standard InChI is InChI=1S/C23H20ClFN2O5S/c1-14-2-11-20(25)21-19(14)12-13-27(22(21)26-23(28)29)33(30,31)18-9-7-17(8-10-18)32-16-5-3-15(24)4-6-16/h2-11,22,26H,12-13H2,1H3,(H,28,29). The molecule has 2 N–H and O–H groups in total. The van der Waals surface area contributed by atoms with Crippen molar-refractivity contribution in [2.75, 3.05) is 6.54 Å². The fourth-order valence-electron chi connectivity index (χ4n) is 3.84. The molecule has 0 aliphatic carbocycles. The van der Waals surface area contributed by atoms with Crippen molar-refractivity contribution in [3.8, 4) is 11.5 Å². The zero-order valence-electron chi connectivity index (χ0n) is 17.5. The van der Waals surface area contributed by atoms with Crippen LogP contribution in [0.25, 0.3) is 0 Å². The molecule has 33 heavy (non-hydrogen) atoms. The lowest BCUT2D eigenvalue weighted by Crippen LogP contribution is -2.48. The van der Waals surface area contributed by atoms with E-state index >= 15 is 0 Å². The number of carboxylic acid groups (broad SMARTS) is 1. The van der Waals surface area contributed by atoms with Crippen molar-refractivity contribution in [2.24, 2.45) is 0 Å². The molecule has 3 aromatic carbocycles. The van der Waals surface area contributed by atoms with E-state index in [0.717, 1.165) is 9.87 Å². The Morgan fingerprint density at radius 2 is 1.70 bits per heavy atom. The third-order valence-corrected chi connectivity index (χ3v) is 7.55. The van der Waals surface area contributed by atoms with Crippen molar-refractivity contribution >= 4 is 27.7 Å². The largest absolute Gasteiger partial charge is 0.465 e. The lowest BCUT2D eigenvalue weighted by Gasteiger charge is -2.36. The Morgan fingerprint density at radius 3 is 2.30 bits per heavy atom. The maximum atomic E-state index is 14.7. The molecule has 1 aliphatic heterocycles. The first kappa shape index (κ1) is 23.0. The summed E-state index contributed by atoms with van der Waals surface area (Å²) in [4.78, 5) is 11.4. The molecule has 0 saturated heterocycles. The van der Waals surface area contributed by atoms with Gasteiger partial charge in [0.1, 0.15) is 23.5 Å². The maximum absolute atomic E-state index is 14.7. The average Bonchev–Trinajstić information content (AvgIpc) is 2.78. The van der Waals surface area contributed by atoms with Crippen LogP contribution in [0.4, 0.5) is 9.18 Å². The molecule has 1 amide bonds. The molecule has 1 unspecified atom stereocenters. The molecule has 4 rings (SSSR count).